The lowest BCUT2D eigenvalue weighted by atomic mass is 10.2. The van der Waals surface area contributed by atoms with Gasteiger partial charge in [-0.05, 0) is 24.3 Å². The minimum Gasteiger partial charge on any atom is -0.497 e. The van der Waals surface area contributed by atoms with Gasteiger partial charge in [0.15, 0.2) is 0 Å². The highest BCUT2D eigenvalue weighted by Gasteiger charge is 2.09. The molecule has 1 amide bonds. The van der Waals surface area contributed by atoms with Gasteiger partial charge in [-0.2, -0.15) is 5.10 Å². The molecule has 2 aromatic carbocycles. The van der Waals surface area contributed by atoms with Crippen molar-refractivity contribution in [1.29, 1.82) is 0 Å². The van der Waals surface area contributed by atoms with Gasteiger partial charge in [0.2, 0.25) is 0 Å². The summed E-state index contributed by atoms with van der Waals surface area (Å²) >= 11 is 0. The van der Waals surface area contributed by atoms with Crippen LogP contribution in [-0.4, -0.2) is 32.9 Å². The summed E-state index contributed by atoms with van der Waals surface area (Å²) in [6.07, 6.45) is 3.18. The Kier molecular flexibility index (Phi) is 6.59. The monoisotopic (exact) mass is 340 g/mol. The SMILES string of the molecule is C=CCOc1ccccc1/C=N\NC(=O)c1cc(OC)cc(OC)c1. The van der Waals surface area contributed by atoms with Crippen LogP contribution in [0.25, 0.3) is 0 Å². The molecule has 0 atom stereocenters. The van der Waals surface area contributed by atoms with E-state index in [1.165, 1.54) is 20.4 Å². The molecular weight excluding hydrogens is 320 g/mol. The van der Waals surface area contributed by atoms with Gasteiger partial charge in [-0.1, -0.05) is 24.8 Å². The van der Waals surface area contributed by atoms with Crippen LogP contribution in [0.2, 0.25) is 0 Å². The summed E-state index contributed by atoms with van der Waals surface area (Å²) in [5, 5.41) is 3.99. The van der Waals surface area contributed by atoms with E-state index in [2.05, 4.69) is 17.1 Å². The summed E-state index contributed by atoms with van der Waals surface area (Å²) in [4.78, 5) is 12.2. The number of rotatable bonds is 8. The third-order valence-electron chi connectivity index (χ3n) is 3.26. The lowest BCUT2D eigenvalue weighted by molar-refractivity contribution is 0.0954. The Balaban J connectivity index is 2.09. The zero-order chi connectivity index (χ0) is 18.1. The predicted octanol–water partition coefficient (Wildman–Crippen LogP) is 3.03. The first kappa shape index (κ1) is 18.1. The lowest BCUT2D eigenvalue weighted by Gasteiger charge is -2.08. The number of carbonyl (C=O) groups excluding carboxylic acids is 1. The Morgan fingerprint density at radius 1 is 1.16 bits per heavy atom. The van der Waals surface area contributed by atoms with E-state index in [4.69, 9.17) is 14.2 Å². The number of methoxy groups -OCH3 is 2. The minimum absolute atomic E-state index is 0.377. The predicted molar refractivity (Wildman–Crippen MR) is 96.7 cm³/mol. The summed E-state index contributed by atoms with van der Waals surface area (Å²) in [5.74, 6) is 1.33. The summed E-state index contributed by atoms with van der Waals surface area (Å²) in [6, 6.07) is 12.3. The molecule has 2 rings (SSSR count). The van der Waals surface area contributed by atoms with Gasteiger partial charge in [-0.15, -0.1) is 0 Å². The van der Waals surface area contributed by atoms with Gasteiger partial charge in [0.25, 0.3) is 5.91 Å². The molecule has 130 valence electrons. The second-order valence-electron chi connectivity index (χ2n) is 4.94. The molecule has 0 radical (unpaired) electrons. The summed E-state index contributed by atoms with van der Waals surface area (Å²) in [6.45, 7) is 4.01. The van der Waals surface area contributed by atoms with Crippen LogP contribution < -0.4 is 19.6 Å². The smallest absolute Gasteiger partial charge is 0.271 e. The van der Waals surface area contributed by atoms with E-state index in [1.54, 1.807) is 24.3 Å². The van der Waals surface area contributed by atoms with Gasteiger partial charge in [-0.25, -0.2) is 5.43 Å². The van der Waals surface area contributed by atoms with Crippen molar-refractivity contribution in [3.63, 3.8) is 0 Å². The molecule has 0 aromatic heterocycles. The van der Waals surface area contributed by atoms with Crippen molar-refractivity contribution in [2.45, 2.75) is 0 Å². The van der Waals surface area contributed by atoms with Gasteiger partial charge in [0, 0.05) is 17.2 Å². The normalized spacial score (nSPS) is 10.3. The highest BCUT2D eigenvalue weighted by Crippen LogP contribution is 2.22. The van der Waals surface area contributed by atoms with Gasteiger partial charge < -0.3 is 14.2 Å². The van der Waals surface area contributed by atoms with E-state index >= 15 is 0 Å². The fourth-order valence-corrected chi connectivity index (χ4v) is 2.03. The highest BCUT2D eigenvalue weighted by atomic mass is 16.5. The fraction of sp³-hybridized carbons (Fsp3) is 0.158. The molecule has 0 fully saturated rings. The Morgan fingerprint density at radius 2 is 1.84 bits per heavy atom. The second-order valence-corrected chi connectivity index (χ2v) is 4.94. The Morgan fingerprint density at radius 3 is 2.48 bits per heavy atom. The molecule has 0 aliphatic carbocycles. The zero-order valence-corrected chi connectivity index (χ0v) is 14.2. The van der Waals surface area contributed by atoms with Gasteiger partial charge in [0.05, 0.1) is 20.4 Å². The number of amides is 1. The molecule has 0 aliphatic heterocycles. The van der Waals surface area contributed by atoms with Crippen LogP contribution in [0.15, 0.2) is 60.2 Å². The van der Waals surface area contributed by atoms with Crippen LogP contribution in [0.5, 0.6) is 17.2 Å². The zero-order valence-electron chi connectivity index (χ0n) is 14.2. The number of para-hydroxylation sites is 1. The molecule has 0 bridgehead atoms. The Bertz CT molecular complexity index is 750. The van der Waals surface area contributed by atoms with Crippen LogP contribution >= 0.6 is 0 Å². The van der Waals surface area contributed by atoms with Crippen LogP contribution in [-0.2, 0) is 0 Å². The van der Waals surface area contributed by atoms with E-state index in [1.807, 2.05) is 24.3 Å². The topological polar surface area (TPSA) is 69.2 Å². The van der Waals surface area contributed by atoms with Crippen molar-refractivity contribution in [3.8, 4) is 17.2 Å². The fourth-order valence-electron chi connectivity index (χ4n) is 2.03. The standard InChI is InChI=1S/C19H20N2O4/c1-4-9-25-18-8-6-5-7-14(18)13-20-21-19(22)15-10-16(23-2)12-17(11-15)24-3/h4-8,10-13H,1,9H2,2-3H3,(H,21,22)/b20-13-. The maximum Gasteiger partial charge on any atom is 0.271 e. The first-order valence-corrected chi connectivity index (χ1v) is 7.57. The van der Waals surface area contributed by atoms with Crippen LogP contribution in [0, 0.1) is 0 Å². The number of nitrogens with one attached hydrogen (secondary N) is 1. The van der Waals surface area contributed by atoms with Gasteiger partial charge in [0.1, 0.15) is 23.9 Å². The van der Waals surface area contributed by atoms with Crippen molar-refractivity contribution in [2.75, 3.05) is 20.8 Å². The van der Waals surface area contributed by atoms with Gasteiger partial charge >= 0.3 is 0 Å². The molecule has 25 heavy (non-hydrogen) atoms. The van der Waals surface area contributed by atoms with E-state index in [9.17, 15) is 4.79 Å². The first-order valence-electron chi connectivity index (χ1n) is 7.57. The quantitative estimate of drug-likeness (QED) is 0.456. The molecule has 2 aromatic rings. The molecule has 0 saturated heterocycles. The number of hydrogen-bond acceptors (Lipinski definition) is 5. The lowest BCUT2D eigenvalue weighted by Crippen LogP contribution is -2.17. The molecular formula is C19H20N2O4. The number of carbonyl (C=O) groups is 1. The largest absolute Gasteiger partial charge is 0.497 e. The van der Waals surface area contributed by atoms with Gasteiger partial charge in [-0.3, -0.25) is 4.79 Å². The van der Waals surface area contributed by atoms with Crippen LogP contribution in [0.1, 0.15) is 15.9 Å². The van der Waals surface area contributed by atoms with E-state index < -0.39 is 0 Å². The third kappa shape index (κ3) is 5.10. The maximum absolute atomic E-state index is 12.2. The van der Waals surface area contributed by atoms with E-state index in [0.29, 0.717) is 29.4 Å². The molecule has 6 heteroatoms. The number of ether oxygens (including phenoxy) is 3. The van der Waals surface area contributed by atoms with Crippen LogP contribution in [0.4, 0.5) is 0 Å². The third-order valence-corrected chi connectivity index (χ3v) is 3.26. The number of benzene rings is 2. The Hall–Kier alpha value is -3.28. The summed E-state index contributed by atoms with van der Waals surface area (Å²) in [7, 11) is 3.05. The van der Waals surface area contributed by atoms with Crippen molar-refractivity contribution >= 4 is 12.1 Å². The molecule has 0 spiro atoms. The molecule has 0 unspecified atom stereocenters. The summed E-state index contributed by atoms with van der Waals surface area (Å²) < 4.78 is 15.8. The average molecular weight is 340 g/mol. The highest BCUT2D eigenvalue weighted by molar-refractivity contribution is 5.95. The number of nitrogens with zero attached hydrogens (tertiary/aromatic N) is 1. The maximum atomic E-state index is 12.2. The van der Waals surface area contributed by atoms with E-state index in [0.717, 1.165) is 5.56 Å². The number of hydrazone groups is 1. The molecule has 0 heterocycles. The van der Waals surface area contributed by atoms with Crippen molar-refractivity contribution < 1.29 is 19.0 Å². The van der Waals surface area contributed by atoms with Crippen molar-refractivity contribution in [2.24, 2.45) is 5.10 Å². The molecule has 6 nitrogen and oxygen atoms in total. The van der Waals surface area contributed by atoms with E-state index in [-0.39, 0.29) is 5.91 Å². The molecule has 1 N–H and O–H groups in total. The summed E-state index contributed by atoms with van der Waals surface area (Å²) in [5.41, 5.74) is 3.60. The minimum atomic E-state index is -0.377. The van der Waals surface area contributed by atoms with Crippen molar-refractivity contribution in [3.05, 3.63) is 66.2 Å². The molecule has 0 saturated carbocycles. The Labute approximate surface area is 146 Å². The van der Waals surface area contributed by atoms with Crippen LogP contribution in [0.3, 0.4) is 0 Å². The average Bonchev–Trinajstić information content (AvgIpc) is 2.66. The molecule has 0 aliphatic rings. The van der Waals surface area contributed by atoms with Crippen molar-refractivity contribution in [1.82, 2.24) is 5.43 Å². The first-order chi connectivity index (χ1) is 12.2. The second kappa shape index (κ2) is 9.12. The number of hydrogen-bond donors (Lipinski definition) is 1.